The molecule has 2 aliphatic rings. The van der Waals surface area contributed by atoms with Crippen LogP contribution in [0, 0.1) is 5.92 Å². The minimum absolute atomic E-state index is 0.0165. The highest BCUT2D eigenvalue weighted by molar-refractivity contribution is 8.18. The minimum Gasteiger partial charge on any atom is -0.457 e. The molecule has 34 heavy (non-hydrogen) atoms. The van der Waals surface area contributed by atoms with E-state index in [2.05, 4.69) is 6.92 Å². The van der Waals surface area contributed by atoms with E-state index < -0.39 is 0 Å². The number of carbonyl (C=O) groups excluding carboxylic acids is 1. The molecule has 1 aliphatic heterocycles. The Balaban J connectivity index is 1.49. The van der Waals surface area contributed by atoms with Crippen LogP contribution >= 0.6 is 35.0 Å². The van der Waals surface area contributed by atoms with Crippen molar-refractivity contribution in [2.24, 2.45) is 10.9 Å². The Hall–Kier alpha value is -2.47. The molecule has 0 radical (unpaired) electrons. The van der Waals surface area contributed by atoms with Crippen molar-refractivity contribution >= 4 is 57.8 Å². The number of thioether (sulfide) groups is 1. The van der Waals surface area contributed by atoms with Crippen LogP contribution in [0.3, 0.4) is 0 Å². The van der Waals surface area contributed by atoms with E-state index in [-0.39, 0.29) is 11.9 Å². The summed E-state index contributed by atoms with van der Waals surface area (Å²) in [5.74, 6) is 1.60. The van der Waals surface area contributed by atoms with E-state index in [1.54, 1.807) is 24.3 Å². The number of amidine groups is 1. The lowest BCUT2D eigenvalue weighted by Gasteiger charge is -2.35. The third-order valence-electron chi connectivity index (χ3n) is 6.31. The van der Waals surface area contributed by atoms with Gasteiger partial charge in [-0.2, -0.15) is 0 Å². The van der Waals surface area contributed by atoms with Gasteiger partial charge in [0.2, 0.25) is 0 Å². The zero-order valence-corrected chi connectivity index (χ0v) is 21.0. The number of rotatable bonds is 4. The van der Waals surface area contributed by atoms with Crippen LogP contribution in [-0.4, -0.2) is 22.0 Å². The summed E-state index contributed by atoms with van der Waals surface area (Å²) in [5.41, 5.74) is 1.55. The standard InChI is InChI=1S/C27H24Cl2N2O2S/c1-17-7-5-6-10-23(17)31-26(32)25(34-27(31)30-19-8-3-2-4-9-19)16-20-12-14-24(33-20)21-15-18(28)11-13-22(21)29/h2-4,8-9,11-17,23H,5-7,10H2,1H3/b25-16-,30-27?/t17-,23-/m1/s1. The summed E-state index contributed by atoms with van der Waals surface area (Å²) < 4.78 is 6.03. The van der Waals surface area contributed by atoms with Crippen molar-refractivity contribution in [3.8, 4) is 11.3 Å². The van der Waals surface area contributed by atoms with Gasteiger partial charge >= 0.3 is 0 Å². The lowest BCUT2D eigenvalue weighted by Crippen LogP contribution is -2.44. The molecule has 174 valence electrons. The number of aliphatic imine (C=N–C) groups is 1. The highest BCUT2D eigenvalue weighted by atomic mass is 35.5. The van der Waals surface area contributed by atoms with Gasteiger partial charge in [0.25, 0.3) is 5.91 Å². The van der Waals surface area contributed by atoms with E-state index in [4.69, 9.17) is 32.6 Å². The van der Waals surface area contributed by atoms with Gasteiger partial charge in [0.15, 0.2) is 5.17 Å². The molecular formula is C27H24Cl2N2O2S. The van der Waals surface area contributed by atoms with E-state index in [0.29, 0.717) is 38.0 Å². The SMILES string of the molecule is C[C@@H]1CCCC[C@H]1N1C(=O)/C(=C/c2ccc(-c3cc(Cl)ccc3Cl)o2)SC1=Nc1ccccc1. The average Bonchev–Trinajstić information content (AvgIpc) is 3.41. The Kier molecular flexibility index (Phi) is 6.87. The summed E-state index contributed by atoms with van der Waals surface area (Å²) in [5, 5.41) is 1.86. The van der Waals surface area contributed by atoms with Crippen molar-refractivity contribution in [1.82, 2.24) is 4.90 Å². The Bertz CT molecular complexity index is 1270. The molecule has 3 aromatic rings. The Morgan fingerprint density at radius 3 is 2.65 bits per heavy atom. The van der Waals surface area contributed by atoms with Gasteiger partial charge in [0.1, 0.15) is 11.5 Å². The predicted molar refractivity (Wildman–Crippen MR) is 142 cm³/mol. The molecule has 0 bridgehead atoms. The lowest BCUT2D eigenvalue weighted by atomic mass is 9.85. The zero-order valence-electron chi connectivity index (χ0n) is 18.7. The lowest BCUT2D eigenvalue weighted by molar-refractivity contribution is -0.124. The van der Waals surface area contributed by atoms with Crippen LogP contribution < -0.4 is 0 Å². The maximum atomic E-state index is 13.6. The summed E-state index contributed by atoms with van der Waals surface area (Å²) in [4.78, 5) is 21.0. The van der Waals surface area contributed by atoms with Crippen molar-refractivity contribution < 1.29 is 9.21 Å². The van der Waals surface area contributed by atoms with E-state index in [1.807, 2.05) is 47.4 Å². The Morgan fingerprint density at radius 2 is 1.85 bits per heavy atom. The first-order valence-corrected chi connectivity index (χ1v) is 13.0. The minimum atomic E-state index is -0.0165. The summed E-state index contributed by atoms with van der Waals surface area (Å²) in [6.45, 7) is 2.23. The molecule has 1 saturated carbocycles. The molecule has 4 nitrogen and oxygen atoms in total. The second kappa shape index (κ2) is 10.0. The topological polar surface area (TPSA) is 45.8 Å². The highest BCUT2D eigenvalue weighted by Crippen LogP contribution is 2.40. The fraction of sp³-hybridized carbons (Fsp3) is 0.259. The molecular weight excluding hydrogens is 487 g/mol. The van der Waals surface area contributed by atoms with Crippen LogP contribution in [0.25, 0.3) is 17.4 Å². The molecule has 2 atom stereocenters. The number of hydrogen-bond acceptors (Lipinski definition) is 4. The van der Waals surface area contributed by atoms with Gasteiger partial charge in [-0.1, -0.05) is 61.2 Å². The molecule has 1 aliphatic carbocycles. The first-order valence-electron chi connectivity index (χ1n) is 11.4. The number of furan rings is 1. The number of amides is 1. The number of benzene rings is 2. The zero-order chi connectivity index (χ0) is 23.7. The summed E-state index contributed by atoms with van der Waals surface area (Å²) in [7, 11) is 0. The Labute approximate surface area is 213 Å². The van der Waals surface area contributed by atoms with E-state index in [9.17, 15) is 4.79 Å². The molecule has 5 rings (SSSR count). The van der Waals surface area contributed by atoms with Crippen LogP contribution in [0.5, 0.6) is 0 Å². The molecule has 1 saturated heterocycles. The number of para-hydroxylation sites is 1. The van der Waals surface area contributed by atoms with E-state index in [1.165, 1.54) is 18.2 Å². The van der Waals surface area contributed by atoms with Crippen molar-refractivity contribution in [3.05, 3.63) is 81.4 Å². The molecule has 7 heteroatoms. The maximum absolute atomic E-state index is 13.6. The molecule has 2 fully saturated rings. The number of carbonyl (C=O) groups is 1. The first kappa shape index (κ1) is 23.3. The van der Waals surface area contributed by atoms with Gasteiger partial charge in [-0.25, -0.2) is 4.99 Å². The average molecular weight is 511 g/mol. The first-order chi connectivity index (χ1) is 16.5. The van der Waals surface area contributed by atoms with Gasteiger partial charge in [0, 0.05) is 22.7 Å². The van der Waals surface area contributed by atoms with Gasteiger partial charge in [-0.15, -0.1) is 0 Å². The third kappa shape index (κ3) is 4.83. The fourth-order valence-corrected chi connectivity index (χ4v) is 5.95. The molecule has 0 unspecified atom stereocenters. The predicted octanol–water partition coefficient (Wildman–Crippen LogP) is 8.44. The molecule has 1 aromatic heterocycles. The number of hydrogen-bond donors (Lipinski definition) is 0. The summed E-state index contributed by atoms with van der Waals surface area (Å²) in [6.07, 6.45) is 6.25. The van der Waals surface area contributed by atoms with Gasteiger partial charge in [-0.05, 0) is 73.0 Å². The summed E-state index contributed by atoms with van der Waals surface area (Å²) in [6, 6.07) is 18.9. The van der Waals surface area contributed by atoms with Crippen LogP contribution in [0.2, 0.25) is 10.0 Å². The van der Waals surface area contributed by atoms with Crippen LogP contribution in [0.1, 0.15) is 38.4 Å². The monoisotopic (exact) mass is 510 g/mol. The normalized spacial score (nSPS) is 23.3. The Morgan fingerprint density at radius 1 is 1.06 bits per heavy atom. The highest BCUT2D eigenvalue weighted by Gasteiger charge is 2.41. The maximum Gasteiger partial charge on any atom is 0.267 e. The van der Waals surface area contributed by atoms with Crippen molar-refractivity contribution in [1.29, 1.82) is 0 Å². The van der Waals surface area contributed by atoms with E-state index in [0.717, 1.165) is 30.1 Å². The largest absolute Gasteiger partial charge is 0.457 e. The van der Waals surface area contributed by atoms with Crippen LogP contribution in [-0.2, 0) is 4.79 Å². The number of halogens is 2. The quantitative estimate of drug-likeness (QED) is 0.330. The van der Waals surface area contributed by atoms with Gasteiger partial charge in [0.05, 0.1) is 15.6 Å². The second-order valence-corrected chi connectivity index (χ2v) is 10.5. The molecule has 2 heterocycles. The van der Waals surface area contributed by atoms with Crippen LogP contribution in [0.15, 0.2) is 75.0 Å². The van der Waals surface area contributed by atoms with Crippen LogP contribution in [0.4, 0.5) is 5.69 Å². The van der Waals surface area contributed by atoms with Gasteiger partial charge < -0.3 is 4.42 Å². The van der Waals surface area contributed by atoms with Crippen molar-refractivity contribution in [2.75, 3.05) is 0 Å². The molecule has 1 amide bonds. The smallest absolute Gasteiger partial charge is 0.267 e. The molecule has 0 N–H and O–H groups in total. The third-order valence-corrected chi connectivity index (χ3v) is 7.86. The second-order valence-electron chi connectivity index (χ2n) is 8.67. The molecule has 2 aromatic carbocycles. The van der Waals surface area contributed by atoms with Crippen molar-refractivity contribution in [3.63, 3.8) is 0 Å². The molecule has 0 spiro atoms. The van der Waals surface area contributed by atoms with E-state index >= 15 is 0 Å². The van der Waals surface area contributed by atoms with Crippen molar-refractivity contribution in [2.45, 2.75) is 38.6 Å². The fourth-order valence-electron chi connectivity index (χ4n) is 4.54. The number of nitrogens with zero attached hydrogens (tertiary/aromatic N) is 2. The van der Waals surface area contributed by atoms with Gasteiger partial charge in [-0.3, -0.25) is 9.69 Å². The summed E-state index contributed by atoms with van der Waals surface area (Å²) >= 11 is 13.9.